The summed E-state index contributed by atoms with van der Waals surface area (Å²) in [6.45, 7) is 3.98. The molecule has 0 saturated carbocycles. The van der Waals surface area contributed by atoms with E-state index in [0.29, 0.717) is 18.1 Å². The Morgan fingerprint density at radius 2 is 2.33 bits per heavy atom. The molecule has 0 aromatic rings. The average Bonchev–Trinajstić information content (AvgIpc) is 2.75. The lowest BCUT2D eigenvalue weighted by molar-refractivity contribution is -0.139. The minimum Gasteiger partial charge on any atom is -0.376 e. The summed E-state index contributed by atoms with van der Waals surface area (Å²) in [6.07, 6.45) is 6.58. The van der Waals surface area contributed by atoms with Crippen molar-refractivity contribution in [1.82, 2.24) is 4.90 Å². The summed E-state index contributed by atoms with van der Waals surface area (Å²) in [6, 6.07) is 0.334. The third-order valence-electron chi connectivity index (χ3n) is 3.57. The van der Waals surface area contributed by atoms with Crippen LogP contribution in [0.1, 0.15) is 45.4 Å². The average molecular weight is 211 g/mol. The van der Waals surface area contributed by atoms with Crippen LogP contribution in [-0.2, 0) is 9.53 Å². The lowest BCUT2D eigenvalue weighted by atomic mass is 10.00. The van der Waals surface area contributed by atoms with Gasteiger partial charge in [-0.3, -0.25) is 4.79 Å². The molecule has 2 atom stereocenters. The summed E-state index contributed by atoms with van der Waals surface area (Å²) in [5.74, 6) is 0.337. The predicted octanol–water partition coefficient (Wildman–Crippen LogP) is 1.96. The summed E-state index contributed by atoms with van der Waals surface area (Å²) in [4.78, 5) is 13.9. The second kappa shape index (κ2) is 4.97. The first kappa shape index (κ1) is 10.9. The van der Waals surface area contributed by atoms with Crippen LogP contribution in [0.25, 0.3) is 0 Å². The number of rotatable bonds is 3. The molecule has 15 heavy (non-hydrogen) atoms. The summed E-state index contributed by atoms with van der Waals surface area (Å²) < 4.78 is 5.71. The van der Waals surface area contributed by atoms with Crippen molar-refractivity contribution in [2.75, 3.05) is 13.2 Å². The molecule has 3 nitrogen and oxygen atoms in total. The fourth-order valence-electron chi connectivity index (χ4n) is 2.77. The first-order valence-electron chi connectivity index (χ1n) is 6.24. The molecule has 2 aliphatic heterocycles. The van der Waals surface area contributed by atoms with Gasteiger partial charge in [-0.05, 0) is 32.1 Å². The molecule has 0 spiro atoms. The maximum absolute atomic E-state index is 11.8. The Bertz CT molecular complexity index is 224. The Kier molecular flexibility index (Phi) is 3.62. The lowest BCUT2D eigenvalue weighted by Crippen LogP contribution is -2.48. The van der Waals surface area contributed by atoms with E-state index < -0.39 is 0 Å². The van der Waals surface area contributed by atoms with Crippen LogP contribution >= 0.6 is 0 Å². The number of likely N-dealkylation sites (tertiary alicyclic amines) is 1. The third-order valence-corrected chi connectivity index (χ3v) is 3.57. The van der Waals surface area contributed by atoms with E-state index in [4.69, 9.17) is 4.74 Å². The molecule has 2 fully saturated rings. The van der Waals surface area contributed by atoms with E-state index in [1.165, 1.54) is 0 Å². The van der Waals surface area contributed by atoms with Gasteiger partial charge in [0.1, 0.15) is 0 Å². The van der Waals surface area contributed by atoms with Gasteiger partial charge < -0.3 is 9.64 Å². The molecule has 1 unspecified atom stereocenters. The minimum atomic E-state index is 0.303. The minimum absolute atomic E-state index is 0.303. The standard InChI is InChI=1S/C12H21NO2/c1-2-10(11-6-5-9-15-11)13-8-4-3-7-12(13)14/h10-11H,2-9H2,1H3/t10-,11?/m0/s1. The molecule has 0 aliphatic carbocycles. The Hall–Kier alpha value is -0.570. The second-order valence-corrected chi connectivity index (χ2v) is 4.57. The van der Waals surface area contributed by atoms with Crippen LogP contribution in [0.3, 0.4) is 0 Å². The maximum Gasteiger partial charge on any atom is 0.222 e. The van der Waals surface area contributed by atoms with Gasteiger partial charge in [-0.1, -0.05) is 6.92 Å². The largest absolute Gasteiger partial charge is 0.376 e. The molecule has 0 bridgehead atoms. The van der Waals surface area contributed by atoms with Crippen molar-refractivity contribution in [3.8, 4) is 0 Å². The molecular weight excluding hydrogens is 190 g/mol. The highest BCUT2D eigenvalue weighted by atomic mass is 16.5. The van der Waals surface area contributed by atoms with E-state index in [0.717, 1.165) is 51.7 Å². The fourth-order valence-corrected chi connectivity index (χ4v) is 2.77. The third kappa shape index (κ3) is 2.33. The topological polar surface area (TPSA) is 29.5 Å². The Morgan fingerprint density at radius 3 is 2.93 bits per heavy atom. The predicted molar refractivity (Wildman–Crippen MR) is 58.6 cm³/mol. The molecule has 0 aromatic carbocycles. The summed E-state index contributed by atoms with van der Waals surface area (Å²) >= 11 is 0. The molecule has 2 heterocycles. The first-order valence-corrected chi connectivity index (χ1v) is 6.24. The molecular formula is C12H21NO2. The van der Waals surface area contributed by atoms with Gasteiger partial charge in [-0.25, -0.2) is 0 Å². The summed E-state index contributed by atoms with van der Waals surface area (Å²) in [5.41, 5.74) is 0. The maximum atomic E-state index is 11.8. The molecule has 0 aromatic heterocycles. The Labute approximate surface area is 91.8 Å². The Balaban J connectivity index is 2.00. The van der Waals surface area contributed by atoms with E-state index >= 15 is 0 Å². The van der Waals surface area contributed by atoms with Crippen molar-refractivity contribution in [1.29, 1.82) is 0 Å². The summed E-state index contributed by atoms with van der Waals surface area (Å²) in [5, 5.41) is 0. The number of carbonyl (C=O) groups excluding carboxylic acids is 1. The zero-order valence-electron chi connectivity index (χ0n) is 9.58. The van der Waals surface area contributed by atoms with Gasteiger partial charge in [0.05, 0.1) is 12.1 Å². The van der Waals surface area contributed by atoms with Crippen molar-refractivity contribution in [3.05, 3.63) is 0 Å². The van der Waals surface area contributed by atoms with E-state index in [-0.39, 0.29) is 0 Å². The van der Waals surface area contributed by atoms with Gasteiger partial charge in [-0.15, -0.1) is 0 Å². The molecule has 3 heteroatoms. The van der Waals surface area contributed by atoms with Crippen LogP contribution in [-0.4, -0.2) is 36.1 Å². The molecule has 1 amide bonds. The van der Waals surface area contributed by atoms with Crippen molar-refractivity contribution < 1.29 is 9.53 Å². The van der Waals surface area contributed by atoms with Crippen LogP contribution in [0.15, 0.2) is 0 Å². The first-order chi connectivity index (χ1) is 7.33. The quantitative estimate of drug-likeness (QED) is 0.714. The number of hydrogen-bond acceptors (Lipinski definition) is 2. The van der Waals surface area contributed by atoms with Crippen LogP contribution in [0, 0.1) is 0 Å². The SMILES string of the molecule is CC[C@@H](C1CCCO1)N1CCCCC1=O. The van der Waals surface area contributed by atoms with Gasteiger partial charge in [0.25, 0.3) is 0 Å². The number of piperidine rings is 1. The molecule has 0 radical (unpaired) electrons. The molecule has 86 valence electrons. The zero-order valence-corrected chi connectivity index (χ0v) is 9.58. The molecule has 0 N–H and O–H groups in total. The van der Waals surface area contributed by atoms with Crippen LogP contribution < -0.4 is 0 Å². The van der Waals surface area contributed by atoms with Crippen molar-refractivity contribution >= 4 is 5.91 Å². The van der Waals surface area contributed by atoms with Gasteiger partial charge >= 0.3 is 0 Å². The monoisotopic (exact) mass is 211 g/mol. The number of hydrogen-bond donors (Lipinski definition) is 0. The number of nitrogens with zero attached hydrogens (tertiary/aromatic N) is 1. The Morgan fingerprint density at radius 1 is 1.47 bits per heavy atom. The second-order valence-electron chi connectivity index (χ2n) is 4.57. The van der Waals surface area contributed by atoms with Crippen molar-refractivity contribution in [3.63, 3.8) is 0 Å². The highest BCUT2D eigenvalue weighted by Crippen LogP contribution is 2.25. The van der Waals surface area contributed by atoms with Gasteiger partial charge in [0.2, 0.25) is 5.91 Å². The lowest BCUT2D eigenvalue weighted by Gasteiger charge is -2.37. The van der Waals surface area contributed by atoms with Crippen molar-refractivity contribution in [2.45, 2.75) is 57.6 Å². The van der Waals surface area contributed by atoms with Crippen LogP contribution in [0.4, 0.5) is 0 Å². The van der Waals surface area contributed by atoms with E-state index in [2.05, 4.69) is 11.8 Å². The van der Waals surface area contributed by atoms with Crippen LogP contribution in [0.5, 0.6) is 0 Å². The van der Waals surface area contributed by atoms with E-state index in [9.17, 15) is 4.79 Å². The number of carbonyl (C=O) groups is 1. The fraction of sp³-hybridized carbons (Fsp3) is 0.917. The van der Waals surface area contributed by atoms with E-state index in [1.54, 1.807) is 0 Å². The number of ether oxygens (including phenoxy) is 1. The molecule has 2 aliphatic rings. The highest BCUT2D eigenvalue weighted by molar-refractivity contribution is 5.77. The van der Waals surface area contributed by atoms with E-state index in [1.807, 2.05) is 0 Å². The highest BCUT2D eigenvalue weighted by Gasteiger charge is 2.33. The molecule has 2 rings (SSSR count). The number of amides is 1. The molecule has 2 saturated heterocycles. The van der Waals surface area contributed by atoms with Gasteiger partial charge in [-0.2, -0.15) is 0 Å². The van der Waals surface area contributed by atoms with Crippen LogP contribution in [0.2, 0.25) is 0 Å². The van der Waals surface area contributed by atoms with Crippen molar-refractivity contribution in [2.24, 2.45) is 0 Å². The zero-order chi connectivity index (χ0) is 10.7. The van der Waals surface area contributed by atoms with Gasteiger partial charge in [0, 0.05) is 19.6 Å². The summed E-state index contributed by atoms with van der Waals surface area (Å²) in [7, 11) is 0. The normalized spacial score (nSPS) is 29.5. The van der Waals surface area contributed by atoms with Gasteiger partial charge in [0.15, 0.2) is 0 Å². The smallest absolute Gasteiger partial charge is 0.222 e.